The number of methoxy groups -OCH3 is 1. The van der Waals surface area contributed by atoms with Crippen molar-refractivity contribution < 1.29 is 4.74 Å². The SMILES string of the molecule is COc1ccc(N(N)C(C)C)c(N)c1. The predicted octanol–water partition coefficient (Wildman–Crippen LogP) is 1.37. The third-order valence-corrected chi connectivity index (χ3v) is 2.07. The van der Waals surface area contributed by atoms with Crippen molar-refractivity contribution in [3.8, 4) is 5.75 Å². The number of ether oxygens (including phenoxy) is 1. The monoisotopic (exact) mass is 195 g/mol. The fourth-order valence-corrected chi connectivity index (χ4v) is 1.17. The molecular formula is C10H17N3O. The highest BCUT2D eigenvalue weighted by Crippen LogP contribution is 2.26. The van der Waals surface area contributed by atoms with Gasteiger partial charge in [0.1, 0.15) is 5.75 Å². The van der Waals surface area contributed by atoms with Crippen LogP contribution in [-0.4, -0.2) is 13.2 Å². The largest absolute Gasteiger partial charge is 0.497 e. The summed E-state index contributed by atoms with van der Waals surface area (Å²) in [7, 11) is 1.61. The number of benzene rings is 1. The summed E-state index contributed by atoms with van der Waals surface area (Å²) in [5.74, 6) is 6.58. The van der Waals surface area contributed by atoms with Gasteiger partial charge >= 0.3 is 0 Å². The number of nitrogens with zero attached hydrogens (tertiary/aromatic N) is 1. The van der Waals surface area contributed by atoms with Gasteiger partial charge in [0.2, 0.25) is 0 Å². The molecule has 4 N–H and O–H groups in total. The number of hydrogen-bond acceptors (Lipinski definition) is 4. The fourth-order valence-electron chi connectivity index (χ4n) is 1.17. The molecule has 1 aromatic carbocycles. The Balaban J connectivity index is 2.99. The molecule has 0 amide bonds. The minimum atomic E-state index is 0.214. The Bertz CT molecular complexity index is 312. The summed E-state index contributed by atoms with van der Waals surface area (Å²) in [6.45, 7) is 4.01. The van der Waals surface area contributed by atoms with E-state index in [9.17, 15) is 0 Å². The molecule has 0 radical (unpaired) electrons. The normalized spacial score (nSPS) is 10.4. The van der Waals surface area contributed by atoms with Crippen molar-refractivity contribution >= 4 is 11.4 Å². The van der Waals surface area contributed by atoms with Gasteiger partial charge in [-0.3, -0.25) is 0 Å². The zero-order valence-corrected chi connectivity index (χ0v) is 8.82. The molecule has 0 unspecified atom stereocenters. The van der Waals surface area contributed by atoms with Crippen LogP contribution in [-0.2, 0) is 0 Å². The minimum Gasteiger partial charge on any atom is -0.497 e. The van der Waals surface area contributed by atoms with E-state index in [0.29, 0.717) is 5.69 Å². The topological polar surface area (TPSA) is 64.5 Å². The van der Waals surface area contributed by atoms with Gasteiger partial charge in [-0.2, -0.15) is 0 Å². The molecule has 0 saturated carbocycles. The molecule has 4 heteroatoms. The average molecular weight is 195 g/mol. The van der Waals surface area contributed by atoms with Crippen molar-refractivity contribution in [3.05, 3.63) is 18.2 Å². The molecule has 0 aromatic heterocycles. The molecule has 0 spiro atoms. The van der Waals surface area contributed by atoms with Crippen molar-refractivity contribution in [1.82, 2.24) is 0 Å². The number of anilines is 2. The van der Waals surface area contributed by atoms with Gasteiger partial charge in [0.15, 0.2) is 0 Å². The molecule has 1 aromatic rings. The first-order chi connectivity index (χ1) is 6.56. The first-order valence-corrected chi connectivity index (χ1v) is 4.53. The van der Waals surface area contributed by atoms with Crippen molar-refractivity contribution in [2.24, 2.45) is 5.84 Å². The minimum absolute atomic E-state index is 0.214. The van der Waals surface area contributed by atoms with E-state index in [1.807, 2.05) is 26.0 Å². The molecule has 0 heterocycles. The lowest BCUT2D eigenvalue weighted by atomic mass is 10.2. The number of hydrogen-bond donors (Lipinski definition) is 2. The summed E-state index contributed by atoms with van der Waals surface area (Å²) in [5, 5.41) is 1.63. The highest BCUT2D eigenvalue weighted by atomic mass is 16.5. The lowest BCUT2D eigenvalue weighted by Gasteiger charge is -2.24. The maximum atomic E-state index is 5.84. The summed E-state index contributed by atoms with van der Waals surface area (Å²) in [6.07, 6.45) is 0. The fraction of sp³-hybridized carbons (Fsp3) is 0.400. The lowest BCUT2D eigenvalue weighted by molar-refractivity contribution is 0.415. The van der Waals surface area contributed by atoms with E-state index in [1.54, 1.807) is 18.2 Å². The molecule has 0 aliphatic rings. The van der Waals surface area contributed by atoms with Crippen LogP contribution in [0.3, 0.4) is 0 Å². The van der Waals surface area contributed by atoms with Crippen LogP contribution in [0.1, 0.15) is 13.8 Å². The molecule has 0 fully saturated rings. The molecule has 4 nitrogen and oxygen atoms in total. The van der Waals surface area contributed by atoms with Crippen LogP contribution in [0.15, 0.2) is 18.2 Å². The second-order valence-electron chi connectivity index (χ2n) is 3.43. The van der Waals surface area contributed by atoms with Gasteiger partial charge in [-0.25, -0.2) is 5.84 Å². The molecule has 1 rings (SSSR count). The van der Waals surface area contributed by atoms with Crippen LogP contribution in [0.25, 0.3) is 0 Å². The summed E-state index contributed by atoms with van der Waals surface area (Å²) >= 11 is 0. The van der Waals surface area contributed by atoms with Crippen molar-refractivity contribution in [2.45, 2.75) is 19.9 Å². The van der Waals surface area contributed by atoms with Crippen molar-refractivity contribution in [1.29, 1.82) is 0 Å². The summed E-state index contributed by atoms with van der Waals surface area (Å²) < 4.78 is 5.05. The van der Waals surface area contributed by atoms with Gasteiger partial charge < -0.3 is 15.5 Å². The number of rotatable bonds is 3. The van der Waals surface area contributed by atoms with Gasteiger partial charge in [-0.05, 0) is 26.0 Å². The Labute approximate surface area is 84.4 Å². The second-order valence-corrected chi connectivity index (χ2v) is 3.43. The number of nitrogen functional groups attached to an aromatic ring is 1. The Morgan fingerprint density at radius 2 is 2.00 bits per heavy atom. The van der Waals surface area contributed by atoms with E-state index in [4.69, 9.17) is 16.3 Å². The smallest absolute Gasteiger partial charge is 0.121 e. The highest BCUT2D eigenvalue weighted by Gasteiger charge is 2.09. The van der Waals surface area contributed by atoms with Crippen LogP contribution in [0, 0.1) is 0 Å². The Kier molecular flexibility index (Phi) is 3.19. The third kappa shape index (κ3) is 2.09. The van der Waals surface area contributed by atoms with Crippen LogP contribution >= 0.6 is 0 Å². The molecule has 0 aliphatic carbocycles. The standard InChI is InChI=1S/C10H17N3O/c1-7(2)13(12)10-5-4-8(14-3)6-9(10)11/h4-7H,11-12H2,1-3H3. The first kappa shape index (κ1) is 10.7. The molecule has 78 valence electrons. The predicted molar refractivity (Wildman–Crippen MR) is 59.2 cm³/mol. The quantitative estimate of drug-likeness (QED) is 0.434. The van der Waals surface area contributed by atoms with Crippen LogP contribution in [0.5, 0.6) is 5.75 Å². The van der Waals surface area contributed by atoms with E-state index in [1.165, 1.54) is 0 Å². The second kappa shape index (κ2) is 4.19. The van der Waals surface area contributed by atoms with Gasteiger partial charge in [0, 0.05) is 12.1 Å². The molecule has 0 atom stereocenters. The molecule has 0 saturated heterocycles. The van der Waals surface area contributed by atoms with E-state index in [2.05, 4.69) is 0 Å². The zero-order chi connectivity index (χ0) is 10.7. The summed E-state index contributed by atoms with van der Waals surface area (Å²) in [5.41, 5.74) is 7.28. The first-order valence-electron chi connectivity index (χ1n) is 4.53. The van der Waals surface area contributed by atoms with E-state index in [-0.39, 0.29) is 6.04 Å². The Morgan fingerprint density at radius 1 is 1.36 bits per heavy atom. The molecular weight excluding hydrogens is 178 g/mol. The zero-order valence-electron chi connectivity index (χ0n) is 8.82. The van der Waals surface area contributed by atoms with Crippen molar-refractivity contribution in [2.75, 3.05) is 17.9 Å². The van der Waals surface area contributed by atoms with Crippen LogP contribution in [0.2, 0.25) is 0 Å². The van der Waals surface area contributed by atoms with Gasteiger partial charge in [0.05, 0.1) is 18.5 Å². The summed E-state index contributed by atoms with van der Waals surface area (Å²) in [4.78, 5) is 0. The highest BCUT2D eigenvalue weighted by molar-refractivity contribution is 5.69. The molecule has 0 aliphatic heterocycles. The van der Waals surface area contributed by atoms with E-state index in [0.717, 1.165) is 11.4 Å². The molecule has 0 bridgehead atoms. The maximum absolute atomic E-state index is 5.84. The van der Waals surface area contributed by atoms with Gasteiger partial charge in [-0.15, -0.1) is 0 Å². The van der Waals surface area contributed by atoms with Crippen molar-refractivity contribution in [3.63, 3.8) is 0 Å². The van der Waals surface area contributed by atoms with Gasteiger partial charge in [0.25, 0.3) is 0 Å². The lowest BCUT2D eigenvalue weighted by Crippen LogP contribution is -2.37. The number of hydrazine groups is 1. The van der Waals surface area contributed by atoms with E-state index < -0.39 is 0 Å². The van der Waals surface area contributed by atoms with Crippen LogP contribution < -0.4 is 21.3 Å². The average Bonchev–Trinajstić information content (AvgIpc) is 2.16. The molecule has 14 heavy (non-hydrogen) atoms. The van der Waals surface area contributed by atoms with E-state index >= 15 is 0 Å². The third-order valence-electron chi connectivity index (χ3n) is 2.07. The van der Waals surface area contributed by atoms with Crippen LogP contribution in [0.4, 0.5) is 11.4 Å². The Morgan fingerprint density at radius 3 is 2.43 bits per heavy atom. The van der Waals surface area contributed by atoms with Gasteiger partial charge in [-0.1, -0.05) is 0 Å². The Hall–Kier alpha value is -1.42. The summed E-state index contributed by atoms with van der Waals surface area (Å²) in [6, 6.07) is 5.67. The maximum Gasteiger partial charge on any atom is 0.121 e. The number of nitrogens with two attached hydrogens (primary N) is 2.